The molecule has 2 N–H and O–H groups in total. The number of likely N-dealkylation sites (N-methyl/N-ethyl adjacent to an activating group) is 1. The van der Waals surface area contributed by atoms with Crippen LogP contribution >= 0.6 is 0 Å². The van der Waals surface area contributed by atoms with Crippen LogP contribution in [0.1, 0.15) is 11.1 Å². The molecular formula is C12H18N2. The Morgan fingerprint density at radius 2 is 2.21 bits per heavy atom. The Morgan fingerprint density at radius 3 is 2.79 bits per heavy atom. The van der Waals surface area contributed by atoms with Gasteiger partial charge in [-0.05, 0) is 31.2 Å². The van der Waals surface area contributed by atoms with E-state index in [1.54, 1.807) is 0 Å². The summed E-state index contributed by atoms with van der Waals surface area (Å²) in [4.78, 5) is 2.19. The third-order valence-electron chi connectivity index (χ3n) is 2.24. The van der Waals surface area contributed by atoms with Crippen LogP contribution in [0.3, 0.4) is 0 Å². The van der Waals surface area contributed by atoms with Gasteiger partial charge >= 0.3 is 0 Å². The lowest BCUT2D eigenvalue weighted by molar-refractivity contribution is 0.364. The van der Waals surface area contributed by atoms with Gasteiger partial charge in [-0.3, -0.25) is 4.90 Å². The van der Waals surface area contributed by atoms with Crippen molar-refractivity contribution in [2.75, 3.05) is 19.3 Å². The molecule has 0 aromatic heterocycles. The van der Waals surface area contributed by atoms with Crippen molar-refractivity contribution < 1.29 is 0 Å². The van der Waals surface area contributed by atoms with Gasteiger partial charge in [0.05, 0.1) is 0 Å². The molecule has 2 nitrogen and oxygen atoms in total. The molecule has 1 aromatic carbocycles. The predicted octanol–water partition coefficient (Wildman–Crippen LogP) is 2.20. The first-order valence-corrected chi connectivity index (χ1v) is 4.78. The van der Waals surface area contributed by atoms with E-state index in [2.05, 4.69) is 30.7 Å². The van der Waals surface area contributed by atoms with Gasteiger partial charge in [0.1, 0.15) is 0 Å². The fourth-order valence-corrected chi connectivity index (χ4v) is 1.38. The summed E-state index contributed by atoms with van der Waals surface area (Å²) < 4.78 is 0. The molecule has 76 valence electrons. The lowest BCUT2D eigenvalue weighted by atomic mass is 10.1. The van der Waals surface area contributed by atoms with E-state index in [9.17, 15) is 0 Å². The molecule has 0 unspecified atom stereocenters. The maximum absolute atomic E-state index is 5.83. The van der Waals surface area contributed by atoms with Gasteiger partial charge in [-0.1, -0.05) is 18.2 Å². The summed E-state index contributed by atoms with van der Waals surface area (Å²) in [5.74, 6) is 0. The van der Waals surface area contributed by atoms with E-state index in [0.29, 0.717) is 0 Å². The van der Waals surface area contributed by atoms with Crippen LogP contribution in [0.15, 0.2) is 30.9 Å². The Hall–Kier alpha value is -1.28. The van der Waals surface area contributed by atoms with Gasteiger partial charge in [-0.15, -0.1) is 6.58 Å². The van der Waals surface area contributed by atoms with Crippen LogP contribution in [0.25, 0.3) is 0 Å². The smallest absolute Gasteiger partial charge is 0.0346 e. The highest BCUT2D eigenvalue weighted by Crippen LogP contribution is 2.13. The molecule has 0 aliphatic heterocycles. The number of nitrogens with zero attached hydrogens (tertiary/aromatic N) is 1. The second kappa shape index (κ2) is 4.82. The number of hydrogen-bond donors (Lipinski definition) is 1. The Morgan fingerprint density at radius 1 is 1.50 bits per heavy atom. The molecule has 1 aromatic rings. The normalized spacial score (nSPS) is 10.5. The molecule has 0 atom stereocenters. The summed E-state index contributed by atoms with van der Waals surface area (Å²) in [6, 6.07) is 6.21. The zero-order valence-corrected chi connectivity index (χ0v) is 8.96. The molecular weight excluding hydrogens is 172 g/mol. The fourth-order valence-electron chi connectivity index (χ4n) is 1.38. The molecule has 0 bridgehead atoms. The second-order valence-corrected chi connectivity index (χ2v) is 3.68. The minimum atomic E-state index is 0.870. The Bertz CT molecular complexity index is 318. The molecule has 1 rings (SSSR count). The molecule has 0 amide bonds. The quantitative estimate of drug-likeness (QED) is 0.582. The monoisotopic (exact) mass is 190 g/mol. The number of hydrogen-bond acceptors (Lipinski definition) is 2. The van der Waals surface area contributed by atoms with Crippen LogP contribution in [-0.4, -0.2) is 18.5 Å². The van der Waals surface area contributed by atoms with E-state index in [1.165, 1.54) is 5.56 Å². The number of nitrogens with two attached hydrogens (primary N) is 1. The maximum atomic E-state index is 5.83. The lowest BCUT2D eigenvalue weighted by Gasteiger charge is -2.14. The van der Waals surface area contributed by atoms with Crippen molar-refractivity contribution in [1.82, 2.24) is 4.90 Å². The molecule has 0 heterocycles. The predicted molar refractivity (Wildman–Crippen MR) is 62.1 cm³/mol. The van der Waals surface area contributed by atoms with Crippen molar-refractivity contribution in [2.24, 2.45) is 0 Å². The largest absolute Gasteiger partial charge is 0.399 e. The van der Waals surface area contributed by atoms with Gasteiger partial charge in [0.2, 0.25) is 0 Å². The number of benzene rings is 1. The maximum Gasteiger partial charge on any atom is 0.0346 e. The minimum absolute atomic E-state index is 0.870. The standard InChI is InChI=1S/C12H18N2/c1-4-7-14(3)9-11-6-5-10(2)12(13)8-11/h4-6,8H,1,7,9,13H2,2-3H3. The van der Waals surface area contributed by atoms with Gasteiger partial charge in [-0.2, -0.15) is 0 Å². The van der Waals surface area contributed by atoms with E-state index < -0.39 is 0 Å². The van der Waals surface area contributed by atoms with Gasteiger partial charge in [0.25, 0.3) is 0 Å². The van der Waals surface area contributed by atoms with Crippen molar-refractivity contribution in [3.05, 3.63) is 42.0 Å². The van der Waals surface area contributed by atoms with Gasteiger partial charge in [-0.25, -0.2) is 0 Å². The fraction of sp³-hybridized carbons (Fsp3) is 0.333. The highest BCUT2D eigenvalue weighted by atomic mass is 15.1. The summed E-state index contributed by atoms with van der Waals surface area (Å²) in [7, 11) is 2.07. The molecule has 0 spiro atoms. The van der Waals surface area contributed by atoms with Crippen molar-refractivity contribution in [2.45, 2.75) is 13.5 Å². The number of rotatable bonds is 4. The Kier molecular flexibility index (Phi) is 3.72. The second-order valence-electron chi connectivity index (χ2n) is 3.68. The summed E-state index contributed by atoms with van der Waals surface area (Å²) >= 11 is 0. The average Bonchev–Trinajstić information content (AvgIpc) is 2.12. The Labute approximate surface area is 86.0 Å². The molecule has 2 heteroatoms. The SMILES string of the molecule is C=CCN(C)Cc1ccc(C)c(N)c1. The van der Waals surface area contributed by atoms with E-state index in [4.69, 9.17) is 5.73 Å². The first kappa shape index (κ1) is 10.8. The van der Waals surface area contributed by atoms with Crippen LogP contribution in [0.5, 0.6) is 0 Å². The highest BCUT2D eigenvalue weighted by molar-refractivity contribution is 5.48. The van der Waals surface area contributed by atoms with Gasteiger partial charge in [0, 0.05) is 18.8 Å². The molecule has 0 fully saturated rings. The van der Waals surface area contributed by atoms with Crippen LogP contribution in [0.4, 0.5) is 5.69 Å². The van der Waals surface area contributed by atoms with Crippen LogP contribution in [0.2, 0.25) is 0 Å². The highest BCUT2D eigenvalue weighted by Gasteiger charge is 2.00. The van der Waals surface area contributed by atoms with Crippen molar-refractivity contribution in [3.8, 4) is 0 Å². The number of anilines is 1. The molecule has 0 aliphatic carbocycles. The minimum Gasteiger partial charge on any atom is -0.399 e. The van der Waals surface area contributed by atoms with E-state index >= 15 is 0 Å². The summed E-state index contributed by atoms with van der Waals surface area (Å²) in [6.07, 6.45) is 1.90. The van der Waals surface area contributed by atoms with Crippen LogP contribution in [-0.2, 0) is 6.54 Å². The topological polar surface area (TPSA) is 29.3 Å². The number of nitrogen functional groups attached to an aromatic ring is 1. The molecule has 0 aliphatic rings. The molecule has 0 saturated carbocycles. The molecule has 0 radical (unpaired) electrons. The van der Waals surface area contributed by atoms with Crippen LogP contribution < -0.4 is 5.73 Å². The van der Waals surface area contributed by atoms with E-state index in [1.807, 2.05) is 19.1 Å². The van der Waals surface area contributed by atoms with Crippen molar-refractivity contribution in [3.63, 3.8) is 0 Å². The molecule has 14 heavy (non-hydrogen) atoms. The first-order valence-electron chi connectivity index (χ1n) is 4.78. The lowest BCUT2D eigenvalue weighted by Crippen LogP contribution is -2.17. The third-order valence-corrected chi connectivity index (χ3v) is 2.24. The van der Waals surface area contributed by atoms with E-state index in [-0.39, 0.29) is 0 Å². The first-order chi connectivity index (χ1) is 6.63. The van der Waals surface area contributed by atoms with Crippen LogP contribution in [0, 0.1) is 6.92 Å². The van der Waals surface area contributed by atoms with Gasteiger partial charge in [0.15, 0.2) is 0 Å². The average molecular weight is 190 g/mol. The third kappa shape index (κ3) is 2.89. The summed E-state index contributed by atoms with van der Waals surface area (Å²) in [6.45, 7) is 7.54. The summed E-state index contributed by atoms with van der Waals surface area (Å²) in [5.41, 5.74) is 9.09. The Balaban J connectivity index is 2.67. The zero-order valence-electron chi connectivity index (χ0n) is 8.96. The zero-order chi connectivity index (χ0) is 10.6. The van der Waals surface area contributed by atoms with E-state index in [0.717, 1.165) is 24.3 Å². The summed E-state index contributed by atoms with van der Waals surface area (Å²) in [5, 5.41) is 0. The number of aryl methyl sites for hydroxylation is 1. The van der Waals surface area contributed by atoms with Gasteiger partial charge < -0.3 is 5.73 Å². The van der Waals surface area contributed by atoms with Crippen molar-refractivity contribution in [1.29, 1.82) is 0 Å². The molecule has 0 saturated heterocycles. The van der Waals surface area contributed by atoms with Crippen molar-refractivity contribution >= 4 is 5.69 Å².